The molecule has 0 aromatic heterocycles. The van der Waals surface area contributed by atoms with Crippen molar-refractivity contribution in [3.8, 4) is 0 Å². The Morgan fingerprint density at radius 2 is 2.04 bits per heavy atom. The number of esters is 2. The first kappa shape index (κ1) is 19.7. The first-order valence-electron chi connectivity index (χ1n) is 9.25. The summed E-state index contributed by atoms with van der Waals surface area (Å²) < 4.78 is 11.0. The monoisotopic (exact) mass is 378 g/mol. The van der Waals surface area contributed by atoms with Crippen LogP contribution >= 0.6 is 0 Å². The van der Waals surface area contributed by atoms with Crippen molar-refractivity contribution in [3.05, 3.63) is 12.2 Å². The average Bonchev–Trinajstić information content (AvgIpc) is 2.57. The fraction of sp³-hybridized carbons (Fsp3) is 0.700. The molecule has 1 N–H and O–H groups in total. The van der Waals surface area contributed by atoms with Gasteiger partial charge in [0.25, 0.3) is 0 Å². The van der Waals surface area contributed by atoms with E-state index < -0.39 is 58.5 Å². The van der Waals surface area contributed by atoms with Crippen molar-refractivity contribution >= 4 is 24.0 Å². The zero-order valence-electron chi connectivity index (χ0n) is 15.9. The van der Waals surface area contributed by atoms with Crippen LogP contribution in [0.5, 0.6) is 0 Å². The van der Waals surface area contributed by atoms with Crippen molar-refractivity contribution in [2.75, 3.05) is 6.61 Å². The van der Waals surface area contributed by atoms with Gasteiger partial charge in [0, 0.05) is 25.2 Å². The van der Waals surface area contributed by atoms with Gasteiger partial charge in [0.05, 0.1) is 11.5 Å². The minimum Gasteiger partial charge on any atom is -0.464 e. The zero-order chi connectivity index (χ0) is 20.1. The molecule has 3 fully saturated rings. The molecular weight excluding hydrogens is 352 g/mol. The van der Waals surface area contributed by atoms with Crippen LogP contribution in [0.4, 0.5) is 0 Å². The number of fused-ring (bicyclic) bond motifs is 2. The highest BCUT2D eigenvalue weighted by atomic mass is 16.6. The van der Waals surface area contributed by atoms with Crippen molar-refractivity contribution in [3.63, 3.8) is 0 Å². The molecule has 1 heterocycles. The van der Waals surface area contributed by atoms with Crippen molar-refractivity contribution in [2.24, 2.45) is 28.6 Å². The molecule has 1 saturated heterocycles. The molecule has 27 heavy (non-hydrogen) atoms. The summed E-state index contributed by atoms with van der Waals surface area (Å²) in [5, 5.41) is 10.9. The molecule has 3 aliphatic rings. The van der Waals surface area contributed by atoms with Gasteiger partial charge in [-0.1, -0.05) is 20.4 Å². The molecule has 0 aromatic carbocycles. The number of cyclic esters (lactones) is 1. The molecule has 2 saturated carbocycles. The van der Waals surface area contributed by atoms with Gasteiger partial charge in [-0.25, -0.2) is 0 Å². The van der Waals surface area contributed by atoms with Crippen LogP contribution in [0, 0.1) is 28.6 Å². The smallest absolute Gasteiger partial charge is 0.317 e. The summed E-state index contributed by atoms with van der Waals surface area (Å²) >= 11 is 0. The number of hydrogen-bond acceptors (Lipinski definition) is 7. The van der Waals surface area contributed by atoms with E-state index in [4.69, 9.17) is 9.47 Å². The lowest BCUT2D eigenvalue weighted by molar-refractivity contribution is -0.235. The number of carbonyl (C=O) groups is 4. The summed E-state index contributed by atoms with van der Waals surface area (Å²) in [6.07, 6.45) is 0.119. The van der Waals surface area contributed by atoms with E-state index in [1.807, 2.05) is 13.8 Å². The first-order chi connectivity index (χ1) is 12.6. The van der Waals surface area contributed by atoms with Crippen LogP contribution in [0.1, 0.15) is 40.0 Å². The molecule has 0 radical (unpaired) electrons. The van der Waals surface area contributed by atoms with Gasteiger partial charge in [-0.05, 0) is 23.8 Å². The Morgan fingerprint density at radius 3 is 2.63 bits per heavy atom. The number of rotatable bonds is 2. The van der Waals surface area contributed by atoms with Gasteiger partial charge in [0.2, 0.25) is 0 Å². The largest absolute Gasteiger partial charge is 0.464 e. The van der Waals surface area contributed by atoms with Crippen LogP contribution in [0.25, 0.3) is 0 Å². The Balaban J connectivity index is 2.20. The second-order valence-corrected chi connectivity index (χ2v) is 8.70. The Bertz CT molecular complexity index is 709. The first-order valence-corrected chi connectivity index (χ1v) is 9.25. The van der Waals surface area contributed by atoms with E-state index in [1.165, 1.54) is 6.92 Å². The molecule has 0 amide bonds. The van der Waals surface area contributed by atoms with E-state index in [0.29, 0.717) is 12.8 Å². The lowest BCUT2D eigenvalue weighted by Gasteiger charge is -2.60. The molecule has 1 spiro atoms. The molecule has 0 unspecified atom stereocenters. The number of Topliss-reactive ketones (excluding diaryl/α,β-unsaturated/α-hetero) is 1. The van der Waals surface area contributed by atoms with Gasteiger partial charge in [0.15, 0.2) is 5.78 Å². The molecular formula is C20H26O7. The second kappa shape index (κ2) is 6.55. The Kier molecular flexibility index (Phi) is 4.78. The third kappa shape index (κ3) is 2.83. The van der Waals surface area contributed by atoms with Crippen molar-refractivity contribution in [1.82, 2.24) is 0 Å². The number of hydrogen-bond donors (Lipinski definition) is 1. The Hall–Kier alpha value is -2.02. The SMILES string of the molecule is C=C1C[C@H](O)[C@@H]2[C@@H](C(=O)OC[C@]23[C@@H](OC(C)=O)CCC(C)(C)[C@H]3C=O)C1=O. The second-order valence-electron chi connectivity index (χ2n) is 8.70. The number of carbonyl (C=O) groups excluding carboxylic acids is 4. The quantitative estimate of drug-likeness (QED) is 0.333. The van der Waals surface area contributed by atoms with Crippen molar-refractivity contribution in [2.45, 2.75) is 52.2 Å². The molecule has 7 heteroatoms. The molecule has 0 bridgehead atoms. The van der Waals surface area contributed by atoms with Gasteiger partial charge in [-0.2, -0.15) is 0 Å². The highest BCUT2D eigenvalue weighted by Crippen LogP contribution is 2.60. The number of ether oxygens (including phenoxy) is 2. The lowest BCUT2D eigenvalue weighted by Crippen LogP contribution is -2.68. The highest BCUT2D eigenvalue weighted by Gasteiger charge is 2.68. The third-order valence-electron chi connectivity index (χ3n) is 6.71. The van der Waals surface area contributed by atoms with E-state index in [2.05, 4.69) is 6.58 Å². The number of aliphatic hydroxyl groups is 1. The van der Waals surface area contributed by atoms with Gasteiger partial charge >= 0.3 is 11.9 Å². The van der Waals surface area contributed by atoms with Gasteiger partial charge < -0.3 is 19.4 Å². The summed E-state index contributed by atoms with van der Waals surface area (Å²) in [5.41, 5.74) is -1.45. The van der Waals surface area contributed by atoms with Crippen LogP contribution in [-0.2, 0) is 28.7 Å². The summed E-state index contributed by atoms with van der Waals surface area (Å²) in [6, 6.07) is 0. The summed E-state index contributed by atoms with van der Waals surface area (Å²) in [4.78, 5) is 49.1. The highest BCUT2D eigenvalue weighted by molar-refractivity contribution is 6.09. The van der Waals surface area contributed by atoms with E-state index in [1.54, 1.807) is 0 Å². The van der Waals surface area contributed by atoms with E-state index in [0.717, 1.165) is 6.29 Å². The third-order valence-corrected chi connectivity index (χ3v) is 6.71. The Labute approximate surface area is 158 Å². The number of ketones is 1. The summed E-state index contributed by atoms with van der Waals surface area (Å²) in [5.74, 6) is -4.45. The van der Waals surface area contributed by atoms with E-state index in [9.17, 15) is 24.3 Å². The zero-order valence-corrected chi connectivity index (χ0v) is 15.9. The number of aliphatic hydroxyl groups excluding tert-OH is 1. The molecule has 6 atom stereocenters. The van der Waals surface area contributed by atoms with Crippen LogP contribution in [0.3, 0.4) is 0 Å². The van der Waals surface area contributed by atoms with Crippen LogP contribution in [0.2, 0.25) is 0 Å². The summed E-state index contributed by atoms with van der Waals surface area (Å²) in [6.45, 7) is 8.63. The molecule has 148 valence electrons. The standard InChI is InChI=1S/C20H26O7/c1-10-7-12(23)16-15(17(10)24)18(25)26-9-20(16)13(8-21)19(3,4)6-5-14(20)27-11(2)22/h8,12-16,23H,1,5-7,9H2,2-4H3/t12-,13+,14-,15+,16+,20-/m0/s1. The van der Waals surface area contributed by atoms with Crippen molar-refractivity contribution < 1.29 is 33.8 Å². The Morgan fingerprint density at radius 1 is 1.37 bits per heavy atom. The lowest BCUT2D eigenvalue weighted by atomic mass is 9.46. The van der Waals surface area contributed by atoms with Crippen LogP contribution < -0.4 is 0 Å². The predicted molar refractivity (Wildman–Crippen MR) is 93.3 cm³/mol. The minimum atomic E-state index is -1.23. The maximum Gasteiger partial charge on any atom is 0.317 e. The predicted octanol–water partition coefficient (Wildman–Crippen LogP) is 1.22. The van der Waals surface area contributed by atoms with E-state index >= 15 is 0 Å². The fourth-order valence-electron chi connectivity index (χ4n) is 5.53. The van der Waals surface area contributed by atoms with Gasteiger partial charge in [-0.15, -0.1) is 0 Å². The molecule has 3 rings (SSSR count). The maximum absolute atomic E-state index is 12.7. The van der Waals surface area contributed by atoms with Gasteiger partial charge in [-0.3, -0.25) is 14.4 Å². The summed E-state index contributed by atoms with van der Waals surface area (Å²) in [7, 11) is 0. The van der Waals surface area contributed by atoms with Crippen LogP contribution in [0.15, 0.2) is 12.2 Å². The topological polar surface area (TPSA) is 107 Å². The molecule has 0 aromatic rings. The maximum atomic E-state index is 12.7. The molecule has 7 nitrogen and oxygen atoms in total. The minimum absolute atomic E-state index is 0.0217. The fourth-order valence-corrected chi connectivity index (χ4v) is 5.53. The normalized spacial score (nSPS) is 40.9. The number of aldehydes is 1. The van der Waals surface area contributed by atoms with Gasteiger partial charge in [0.1, 0.15) is 24.9 Å². The van der Waals surface area contributed by atoms with E-state index in [-0.39, 0.29) is 18.6 Å². The molecule has 2 aliphatic carbocycles. The van der Waals surface area contributed by atoms with Crippen molar-refractivity contribution in [1.29, 1.82) is 0 Å². The molecule has 1 aliphatic heterocycles. The van der Waals surface area contributed by atoms with Crippen LogP contribution in [-0.4, -0.2) is 47.9 Å². The average molecular weight is 378 g/mol.